The monoisotopic (exact) mass is 221 g/mol. The van der Waals surface area contributed by atoms with Crippen LogP contribution in [0.1, 0.15) is 6.92 Å². The van der Waals surface area contributed by atoms with Crippen molar-refractivity contribution in [2.75, 3.05) is 0 Å². The van der Waals surface area contributed by atoms with Crippen LogP contribution in [-0.4, -0.2) is 5.71 Å². The third-order valence-corrected chi connectivity index (χ3v) is 2.58. The summed E-state index contributed by atoms with van der Waals surface area (Å²) in [5.41, 5.74) is 4.32. The van der Waals surface area contributed by atoms with Gasteiger partial charge in [-0.15, -0.1) is 0 Å². The molecule has 0 heterocycles. The Hall–Kier alpha value is -2.15. The standard InChI is InChI=1S/C16H15N/c1-3-13(2)17-16-11-9-15(10-12-16)14-7-5-4-6-8-14/h3-12H,1H2,2H3. The molecule has 0 saturated carbocycles. The Morgan fingerprint density at radius 3 is 2.12 bits per heavy atom. The van der Waals surface area contributed by atoms with Crippen molar-refractivity contribution in [3.63, 3.8) is 0 Å². The molecular weight excluding hydrogens is 206 g/mol. The van der Waals surface area contributed by atoms with Gasteiger partial charge in [0.05, 0.1) is 5.69 Å². The molecule has 0 bridgehead atoms. The summed E-state index contributed by atoms with van der Waals surface area (Å²) in [5, 5.41) is 0. The van der Waals surface area contributed by atoms with Gasteiger partial charge in [-0.1, -0.05) is 49.0 Å². The lowest BCUT2D eigenvalue weighted by Crippen LogP contribution is -1.81. The molecule has 1 heteroatoms. The molecule has 0 unspecified atom stereocenters. The summed E-state index contributed by atoms with van der Waals surface area (Å²) < 4.78 is 0. The Morgan fingerprint density at radius 1 is 0.941 bits per heavy atom. The van der Waals surface area contributed by atoms with Gasteiger partial charge < -0.3 is 0 Å². The summed E-state index contributed by atoms with van der Waals surface area (Å²) in [6, 6.07) is 18.5. The van der Waals surface area contributed by atoms with Crippen molar-refractivity contribution < 1.29 is 0 Å². The molecule has 84 valence electrons. The van der Waals surface area contributed by atoms with E-state index >= 15 is 0 Å². The van der Waals surface area contributed by atoms with Gasteiger partial charge in [-0.05, 0) is 36.3 Å². The van der Waals surface area contributed by atoms with Gasteiger partial charge in [0.1, 0.15) is 0 Å². The molecule has 1 nitrogen and oxygen atoms in total. The van der Waals surface area contributed by atoms with Crippen molar-refractivity contribution in [3.05, 3.63) is 67.3 Å². The Morgan fingerprint density at radius 2 is 1.53 bits per heavy atom. The lowest BCUT2D eigenvalue weighted by atomic mass is 10.1. The lowest BCUT2D eigenvalue weighted by molar-refractivity contribution is 1.50. The maximum Gasteiger partial charge on any atom is 0.0633 e. The van der Waals surface area contributed by atoms with E-state index in [2.05, 4.69) is 35.8 Å². The van der Waals surface area contributed by atoms with Crippen LogP contribution in [0.3, 0.4) is 0 Å². The highest BCUT2D eigenvalue weighted by Gasteiger charge is 1.96. The molecule has 0 spiro atoms. The second kappa shape index (κ2) is 5.26. The van der Waals surface area contributed by atoms with Gasteiger partial charge in [0.25, 0.3) is 0 Å². The van der Waals surface area contributed by atoms with Crippen LogP contribution in [-0.2, 0) is 0 Å². The van der Waals surface area contributed by atoms with E-state index in [0.717, 1.165) is 11.4 Å². The molecule has 0 fully saturated rings. The van der Waals surface area contributed by atoms with Gasteiger partial charge in [0, 0.05) is 5.71 Å². The zero-order valence-electron chi connectivity index (χ0n) is 9.93. The number of hydrogen-bond donors (Lipinski definition) is 0. The molecule has 0 saturated heterocycles. The second-order valence-electron chi connectivity index (χ2n) is 3.87. The highest BCUT2D eigenvalue weighted by atomic mass is 14.7. The quantitative estimate of drug-likeness (QED) is 0.670. The molecule has 0 aromatic heterocycles. The van der Waals surface area contributed by atoms with Crippen LogP contribution in [0.25, 0.3) is 11.1 Å². The van der Waals surface area contributed by atoms with Crippen LogP contribution in [0.5, 0.6) is 0 Å². The first-order valence-corrected chi connectivity index (χ1v) is 5.63. The highest BCUT2D eigenvalue weighted by molar-refractivity contribution is 5.94. The minimum absolute atomic E-state index is 0.928. The fraction of sp³-hybridized carbons (Fsp3) is 0.0625. The Kier molecular flexibility index (Phi) is 3.51. The van der Waals surface area contributed by atoms with Gasteiger partial charge >= 0.3 is 0 Å². The fourth-order valence-corrected chi connectivity index (χ4v) is 1.61. The van der Waals surface area contributed by atoms with Crippen molar-refractivity contribution >= 4 is 11.4 Å². The van der Waals surface area contributed by atoms with E-state index in [1.54, 1.807) is 6.08 Å². The van der Waals surface area contributed by atoms with Gasteiger partial charge in [-0.2, -0.15) is 0 Å². The number of allylic oxidation sites excluding steroid dienone is 1. The zero-order valence-corrected chi connectivity index (χ0v) is 9.93. The molecule has 17 heavy (non-hydrogen) atoms. The van der Waals surface area contributed by atoms with Crippen LogP contribution in [0.4, 0.5) is 5.69 Å². The summed E-state index contributed by atoms with van der Waals surface area (Å²) in [5.74, 6) is 0. The van der Waals surface area contributed by atoms with Gasteiger partial charge in [0.15, 0.2) is 0 Å². The molecule has 0 radical (unpaired) electrons. The van der Waals surface area contributed by atoms with E-state index < -0.39 is 0 Å². The van der Waals surface area contributed by atoms with Crippen LogP contribution in [0, 0.1) is 0 Å². The molecule has 0 aliphatic rings. The van der Waals surface area contributed by atoms with Crippen LogP contribution in [0.2, 0.25) is 0 Å². The van der Waals surface area contributed by atoms with Gasteiger partial charge in [-0.3, -0.25) is 4.99 Å². The minimum atomic E-state index is 0.928. The van der Waals surface area contributed by atoms with Crippen molar-refractivity contribution in [1.82, 2.24) is 0 Å². The van der Waals surface area contributed by atoms with Crippen molar-refractivity contribution in [1.29, 1.82) is 0 Å². The predicted molar refractivity (Wildman–Crippen MR) is 74.8 cm³/mol. The van der Waals surface area contributed by atoms with Gasteiger partial charge in [0.2, 0.25) is 0 Å². The maximum atomic E-state index is 4.41. The summed E-state index contributed by atoms with van der Waals surface area (Å²) in [4.78, 5) is 4.41. The average Bonchev–Trinajstić information content (AvgIpc) is 2.40. The average molecular weight is 221 g/mol. The van der Waals surface area contributed by atoms with Gasteiger partial charge in [-0.25, -0.2) is 0 Å². The van der Waals surface area contributed by atoms with Crippen molar-refractivity contribution in [3.8, 4) is 11.1 Å². The molecule has 2 aromatic carbocycles. The van der Waals surface area contributed by atoms with E-state index in [-0.39, 0.29) is 0 Å². The Bertz CT molecular complexity index is 521. The van der Waals surface area contributed by atoms with Crippen LogP contribution >= 0.6 is 0 Å². The third kappa shape index (κ3) is 2.91. The number of nitrogens with zero attached hydrogens (tertiary/aromatic N) is 1. The molecule has 0 aliphatic carbocycles. The summed E-state index contributed by atoms with van der Waals surface area (Å²) in [6.45, 7) is 5.63. The molecule has 0 amide bonds. The maximum absolute atomic E-state index is 4.41. The van der Waals surface area contributed by atoms with E-state index in [4.69, 9.17) is 0 Å². The summed E-state index contributed by atoms with van der Waals surface area (Å²) in [6.07, 6.45) is 1.76. The smallest absolute Gasteiger partial charge is 0.0633 e. The third-order valence-electron chi connectivity index (χ3n) is 2.58. The molecule has 0 aliphatic heterocycles. The Labute approximate surface area is 102 Å². The zero-order chi connectivity index (χ0) is 12.1. The first kappa shape index (κ1) is 11.3. The highest BCUT2D eigenvalue weighted by Crippen LogP contribution is 2.22. The minimum Gasteiger partial charge on any atom is -0.254 e. The summed E-state index contributed by atoms with van der Waals surface area (Å²) in [7, 11) is 0. The number of aliphatic imine (C=N–C) groups is 1. The van der Waals surface area contributed by atoms with E-state index in [1.807, 2.05) is 37.3 Å². The van der Waals surface area contributed by atoms with Crippen molar-refractivity contribution in [2.24, 2.45) is 4.99 Å². The van der Waals surface area contributed by atoms with E-state index in [0.29, 0.717) is 0 Å². The summed E-state index contributed by atoms with van der Waals surface area (Å²) >= 11 is 0. The first-order chi connectivity index (χ1) is 8.29. The first-order valence-electron chi connectivity index (χ1n) is 5.63. The lowest BCUT2D eigenvalue weighted by Gasteiger charge is -2.02. The number of rotatable bonds is 3. The number of benzene rings is 2. The molecule has 0 atom stereocenters. The largest absolute Gasteiger partial charge is 0.254 e. The molecule has 2 rings (SSSR count). The van der Waals surface area contributed by atoms with E-state index in [1.165, 1.54) is 11.1 Å². The van der Waals surface area contributed by atoms with Crippen LogP contribution < -0.4 is 0 Å². The van der Waals surface area contributed by atoms with Crippen LogP contribution in [0.15, 0.2) is 72.2 Å². The molecule has 0 N–H and O–H groups in total. The predicted octanol–water partition coefficient (Wildman–Crippen LogP) is 4.63. The normalized spacial score (nSPS) is 11.2. The molecule has 2 aromatic rings. The SMILES string of the molecule is C=CC(C)=Nc1ccc(-c2ccccc2)cc1. The van der Waals surface area contributed by atoms with Crippen molar-refractivity contribution in [2.45, 2.75) is 6.92 Å². The topological polar surface area (TPSA) is 12.4 Å². The fourth-order valence-electron chi connectivity index (χ4n) is 1.61. The molecular formula is C16H15N. The second-order valence-corrected chi connectivity index (χ2v) is 3.87. The Balaban J connectivity index is 2.28. The van der Waals surface area contributed by atoms with E-state index in [9.17, 15) is 0 Å². The number of hydrogen-bond acceptors (Lipinski definition) is 1.